The van der Waals surface area contributed by atoms with Crippen LogP contribution in [0.1, 0.15) is 29.7 Å². The second-order valence-corrected chi connectivity index (χ2v) is 7.76. The van der Waals surface area contributed by atoms with Crippen molar-refractivity contribution in [2.75, 3.05) is 0 Å². The molecule has 3 rings (SSSR count). The van der Waals surface area contributed by atoms with Crippen LogP contribution in [0.2, 0.25) is 0 Å². The van der Waals surface area contributed by atoms with Crippen molar-refractivity contribution in [2.24, 2.45) is 0 Å². The molecule has 3 aromatic rings. The van der Waals surface area contributed by atoms with Crippen LogP contribution in [0.5, 0.6) is 0 Å². The molecule has 3 nitrogen and oxygen atoms in total. The van der Waals surface area contributed by atoms with Crippen molar-refractivity contribution in [3.05, 3.63) is 68.2 Å². The molecule has 0 fully saturated rings. The average molecular weight is 474 g/mol. The molecule has 2 aromatic carbocycles. The van der Waals surface area contributed by atoms with Crippen LogP contribution >= 0.6 is 31.9 Å². The molecule has 25 heavy (non-hydrogen) atoms. The van der Waals surface area contributed by atoms with Crippen molar-refractivity contribution in [2.45, 2.75) is 26.3 Å². The second kappa shape index (κ2) is 8.40. The van der Waals surface area contributed by atoms with Crippen molar-refractivity contribution >= 4 is 78.3 Å². The van der Waals surface area contributed by atoms with Crippen LogP contribution < -0.4 is 0 Å². The van der Waals surface area contributed by atoms with Crippen LogP contribution in [-0.2, 0) is 11.3 Å². The number of benzene rings is 2. The number of carbonyl (C=O) groups is 1. The Bertz CT molecular complexity index is 919. The van der Waals surface area contributed by atoms with Crippen molar-refractivity contribution in [1.29, 1.82) is 0 Å². The molecule has 0 saturated carbocycles. The van der Waals surface area contributed by atoms with Gasteiger partial charge in [-0.15, -0.1) is 0 Å². The summed E-state index contributed by atoms with van der Waals surface area (Å²) in [6.45, 7) is 4.46. The van der Waals surface area contributed by atoms with Gasteiger partial charge in [-0.1, -0.05) is 44.0 Å². The van der Waals surface area contributed by atoms with Crippen LogP contribution in [0.25, 0.3) is 10.9 Å². The monoisotopic (exact) mass is 472 g/mol. The van der Waals surface area contributed by atoms with E-state index in [4.69, 9.17) is 0 Å². The molecule has 1 heterocycles. The molecule has 1 aromatic heterocycles. The Hall–Kier alpha value is -0.590. The predicted molar refractivity (Wildman–Crippen MR) is 109 cm³/mol. The number of fused-ring (bicyclic) bond motifs is 1. The van der Waals surface area contributed by atoms with E-state index in [2.05, 4.69) is 48.6 Å². The fraction of sp³-hybridized carbons (Fsp3) is 0.211. The summed E-state index contributed by atoms with van der Waals surface area (Å²) < 4.78 is 4.19. The Morgan fingerprint density at radius 2 is 1.72 bits per heavy atom. The molecule has 1 atom stereocenters. The van der Waals surface area contributed by atoms with Gasteiger partial charge in [0.1, 0.15) is 0 Å². The maximum atomic E-state index is 11.6. The van der Waals surface area contributed by atoms with E-state index in [1.165, 1.54) is 5.56 Å². The normalized spacial score (nSPS) is 12.0. The van der Waals surface area contributed by atoms with Crippen molar-refractivity contribution in [1.82, 2.24) is 4.57 Å². The SMILES string of the molecule is Cc1c(C(C)C(=O)O)c2cc(Br)ccc2n1Cc1ccc(Br)cc1.[Na]. The molecule has 6 heteroatoms. The third-order valence-corrected chi connectivity index (χ3v) is 5.41. The average Bonchev–Trinajstić information content (AvgIpc) is 2.80. The first-order valence-corrected chi connectivity index (χ1v) is 9.22. The number of rotatable bonds is 4. The first-order chi connectivity index (χ1) is 11.4. The maximum Gasteiger partial charge on any atom is 0.310 e. The van der Waals surface area contributed by atoms with Crippen LogP contribution in [0.3, 0.4) is 0 Å². The number of hydrogen-bond donors (Lipinski definition) is 1. The van der Waals surface area contributed by atoms with E-state index in [0.29, 0.717) is 6.54 Å². The van der Waals surface area contributed by atoms with Crippen LogP contribution in [0, 0.1) is 6.92 Å². The Kier molecular flexibility index (Phi) is 6.96. The molecule has 0 aliphatic heterocycles. The molecular formula is C19H17Br2NNaO2. The molecular weight excluding hydrogens is 457 g/mol. The van der Waals surface area contributed by atoms with Crippen LogP contribution in [0.4, 0.5) is 0 Å². The van der Waals surface area contributed by atoms with Gasteiger partial charge in [0.05, 0.1) is 5.92 Å². The summed E-state index contributed by atoms with van der Waals surface area (Å²) in [7, 11) is 0. The number of nitrogens with zero attached hydrogens (tertiary/aromatic N) is 1. The van der Waals surface area contributed by atoms with Gasteiger partial charge in [-0.3, -0.25) is 4.79 Å². The Labute approximate surface area is 186 Å². The fourth-order valence-corrected chi connectivity index (χ4v) is 3.75. The van der Waals surface area contributed by atoms with Gasteiger partial charge in [0.25, 0.3) is 0 Å². The number of carboxylic acid groups (broad SMARTS) is 1. The molecule has 0 bridgehead atoms. The van der Waals surface area contributed by atoms with E-state index in [1.807, 2.05) is 37.3 Å². The molecule has 0 aliphatic carbocycles. The van der Waals surface area contributed by atoms with Crippen LogP contribution in [0.15, 0.2) is 51.4 Å². The number of aliphatic carboxylic acids is 1. The van der Waals surface area contributed by atoms with Crippen LogP contribution in [-0.4, -0.2) is 45.2 Å². The van der Waals surface area contributed by atoms with Gasteiger partial charge in [0, 0.05) is 61.6 Å². The van der Waals surface area contributed by atoms with Gasteiger partial charge in [-0.25, -0.2) is 0 Å². The summed E-state index contributed by atoms with van der Waals surface area (Å²) >= 11 is 6.95. The van der Waals surface area contributed by atoms with Gasteiger partial charge < -0.3 is 9.67 Å². The largest absolute Gasteiger partial charge is 0.481 e. The van der Waals surface area contributed by atoms with E-state index in [1.54, 1.807) is 6.92 Å². The van der Waals surface area contributed by atoms with Gasteiger partial charge in [0.15, 0.2) is 0 Å². The number of carboxylic acids is 1. The smallest absolute Gasteiger partial charge is 0.310 e. The van der Waals surface area contributed by atoms with E-state index in [9.17, 15) is 9.90 Å². The second-order valence-electron chi connectivity index (χ2n) is 5.93. The van der Waals surface area contributed by atoms with Crippen molar-refractivity contribution < 1.29 is 9.90 Å². The van der Waals surface area contributed by atoms with E-state index >= 15 is 0 Å². The van der Waals surface area contributed by atoms with E-state index in [0.717, 1.165) is 31.1 Å². The number of halogens is 2. The van der Waals surface area contributed by atoms with Gasteiger partial charge >= 0.3 is 5.97 Å². The van der Waals surface area contributed by atoms with Gasteiger partial charge in [0.2, 0.25) is 0 Å². The molecule has 0 spiro atoms. The van der Waals surface area contributed by atoms with E-state index < -0.39 is 11.9 Å². The van der Waals surface area contributed by atoms with Crippen molar-refractivity contribution in [3.63, 3.8) is 0 Å². The minimum Gasteiger partial charge on any atom is -0.481 e. The molecule has 0 aliphatic rings. The van der Waals surface area contributed by atoms with E-state index in [-0.39, 0.29) is 29.6 Å². The zero-order valence-corrected chi connectivity index (χ0v) is 19.6. The Morgan fingerprint density at radius 1 is 1.12 bits per heavy atom. The zero-order chi connectivity index (χ0) is 17.4. The summed E-state index contributed by atoms with van der Waals surface area (Å²) in [5.74, 6) is -1.35. The van der Waals surface area contributed by atoms with Gasteiger partial charge in [-0.2, -0.15) is 0 Å². The summed E-state index contributed by atoms with van der Waals surface area (Å²) in [4.78, 5) is 11.6. The van der Waals surface area contributed by atoms with Gasteiger partial charge in [-0.05, 0) is 55.3 Å². The molecule has 1 radical (unpaired) electrons. The third kappa shape index (κ3) is 4.22. The zero-order valence-electron chi connectivity index (χ0n) is 14.4. The number of hydrogen-bond acceptors (Lipinski definition) is 1. The Balaban J connectivity index is 0.00000225. The molecule has 1 N–H and O–H groups in total. The summed E-state index contributed by atoms with van der Waals surface area (Å²) in [5.41, 5.74) is 4.12. The van der Waals surface area contributed by atoms with Crippen molar-refractivity contribution in [3.8, 4) is 0 Å². The minimum absolute atomic E-state index is 0. The topological polar surface area (TPSA) is 42.2 Å². The summed E-state index contributed by atoms with van der Waals surface area (Å²) in [6, 6.07) is 14.2. The molecule has 1 unspecified atom stereocenters. The molecule has 125 valence electrons. The standard InChI is InChI=1S/C19H17Br2NO2.Na/c1-11(19(23)24)18-12(2)22(10-13-3-5-14(20)6-4-13)17-8-7-15(21)9-16(17)18;/h3-9,11H,10H2,1-2H3,(H,23,24);. The first-order valence-electron chi connectivity index (χ1n) is 7.64. The Morgan fingerprint density at radius 3 is 2.32 bits per heavy atom. The fourth-order valence-electron chi connectivity index (χ4n) is 3.13. The minimum atomic E-state index is -0.805. The summed E-state index contributed by atoms with van der Waals surface area (Å²) in [6.07, 6.45) is 0. The molecule has 0 saturated heterocycles. The predicted octanol–water partition coefficient (Wildman–Crippen LogP) is 5.33. The third-order valence-electron chi connectivity index (χ3n) is 4.39. The summed E-state index contributed by atoms with van der Waals surface area (Å²) in [5, 5.41) is 10.5. The quantitative estimate of drug-likeness (QED) is 0.520. The molecule has 0 amide bonds. The first kappa shape index (κ1) is 20.7. The number of aromatic nitrogens is 1. The maximum absolute atomic E-state index is 11.6.